The molecule has 3 aliphatic heterocycles. The highest BCUT2D eigenvalue weighted by Crippen LogP contribution is 2.31. The van der Waals surface area contributed by atoms with E-state index in [1.807, 2.05) is 18.5 Å². The summed E-state index contributed by atoms with van der Waals surface area (Å²) in [7, 11) is 0. The van der Waals surface area contributed by atoms with Gasteiger partial charge >= 0.3 is 0 Å². The Balaban J connectivity index is 1.60. The third-order valence-electron chi connectivity index (χ3n) is 4.79. The van der Waals surface area contributed by atoms with Crippen molar-refractivity contribution in [3.63, 3.8) is 0 Å². The van der Waals surface area contributed by atoms with Gasteiger partial charge in [0.2, 0.25) is 0 Å². The fraction of sp³-hybridized carbons (Fsp3) is 0.556. The zero-order chi connectivity index (χ0) is 16.2. The van der Waals surface area contributed by atoms with Crippen LogP contribution in [0.1, 0.15) is 25.7 Å². The van der Waals surface area contributed by atoms with Crippen molar-refractivity contribution in [1.82, 2.24) is 15.3 Å². The predicted molar refractivity (Wildman–Crippen MR) is 95.6 cm³/mol. The topological polar surface area (TPSA) is 53.5 Å². The van der Waals surface area contributed by atoms with Crippen molar-refractivity contribution in [3.8, 4) is 5.88 Å². The summed E-state index contributed by atoms with van der Waals surface area (Å²) in [5.41, 5.74) is 0. The van der Waals surface area contributed by atoms with Crippen molar-refractivity contribution in [2.45, 2.75) is 31.8 Å². The minimum atomic E-state index is 0.231. The summed E-state index contributed by atoms with van der Waals surface area (Å²) in [4.78, 5) is 14.0. The number of nitrogens with zero attached hydrogens (tertiary/aromatic N) is 4. The first kappa shape index (κ1) is 15.4. The van der Waals surface area contributed by atoms with Crippen LogP contribution in [-0.2, 0) is 0 Å². The van der Waals surface area contributed by atoms with Gasteiger partial charge in [-0.3, -0.25) is 0 Å². The maximum absolute atomic E-state index is 6.31. The van der Waals surface area contributed by atoms with Gasteiger partial charge in [-0.05, 0) is 44.8 Å². The van der Waals surface area contributed by atoms with Gasteiger partial charge in [0.1, 0.15) is 6.10 Å². The molecule has 0 amide bonds. The molecule has 0 spiro atoms. The lowest BCUT2D eigenvalue weighted by molar-refractivity contribution is 0.156. The number of rotatable bonds is 4. The number of piperidine rings is 1. The molecular weight excluding hydrogens is 302 g/mol. The second kappa shape index (κ2) is 7.21. The van der Waals surface area contributed by atoms with Crippen LogP contribution in [0.2, 0.25) is 0 Å². The van der Waals surface area contributed by atoms with Crippen molar-refractivity contribution in [2.75, 3.05) is 42.5 Å². The van der Waals surface area contributed by atoms with Crippen LogP contribution in [0.5, 0.6) is 5.88 Å². The first-order chi connectivity index (χ1) is 11.9. The van der Waals surface area contributed by atoms with Crippen LogP contribution in [0.25, 0.3) is 0 Å². The fourth-order valence-electron chi connectivity index (χ4n) is 3.43. The Morgan fingerprint density at radius 2 is 1.96 bits per heavy atom. The largest absolute Gasteiger partial charge is 0.472 e. The molecule has 0 atom stereocenters. The van der Waals surface area contributed by atoms with Crippen LogP contribution in [0.4, 0.5) is 11.6 Å². The number of anilines is 2. The number of nitrogens with one attached hydrogen (secondary N) is 1. The van der Waals surface area contributed by atoms with Crippen molar-refractivity contribution in [1.29, 1.82) is 0 Å². The second-order valence-electron chi connectivity index (χ2n) is 6.54. The number of allylic oxidation sites excluding steroid dienone is 2. The molecule has 4 heterocycles. The quantitative estimate of drug-likeness (QED) is 0.914. The maximum Gasteiger partial charge on any atom is 0.259 e. The normalized spacial score (nSPS) is 21.5. The van der Waals surface area contributed by atoms with Crippen molar-refractivity contribution in [3.05, 3.63) is 30.6 Å². The van der Waals surface area contributed by atoms with E-state index in [-0.39, 0.29) is 6.10 Å². The molecule has 0 bridgehead atoms. The highest BCUT2D eigenvalue weighted by molar-refractivity contribution is 5.55. The predicted octanol–water partition coefficient (Wildman–Crippen LogP) is 2.10. The van der Waals surface area contributed by atoms with Gasteiger partial charge in [0.25, 0.3) is 5.88 Å². The standard InChI is InChI=1S/C18H25N5O/c1-2-10-22(11-3-1)16-14-20-17(23-12-4-5-13-23)18(21-16)24-15-6-8-19-9-7-15/h1-3,10,14-15,19H,4-9,11-13H2. The van der Waals surface area contributed by atoms with Gasteiger partial charge in [-0.1, -0.05) is 12.2 Å². The monoisotopic (exact) mass is 327 g/mol. The Morgan fingerprint density at radius 1 is 1.12 bits per heavy atom. The highest BCUT2D eigenvalue weighted by Gasteiger charge is 2.24. The summed E-state index contributed by atoms with van der Waals surface area (Å²) in [6.07, 6.45) is 14.8. The zero-order valence-corrected chi connectivity index (χ0v) is 14.0. The van der Waals surface area contributed by atoms with Crippen molar-refractivity contribution in [2.24, 2.45) is 0 Å². The number of ether oxygens (including phenoxy) is 1. The van der Waals surface area contributed by atoms with Crippen LogP contribution < -0.4 is 19.9 Å². The van der Waals surface area contributed by atoms with Crippen molar-refractivity contribution < 1.29 is 4.74 Å². The molecular formula is C18H25N5O. The van der Waals surface area contributed by atoms with E-state index in [0.717, 1.165) is 57.2 Å². The lowest BCUT2D eigenvalue weighted by atomic mass is 10.1. The average molecular weight is 327 g/mol. The molecule has 2 saturated heterocycles. The molecule has 3 aliphatic rings. The first-order valence-corrected chi connectivity index (χ1v) is 8.99. The summed E-state index contributed by atoms with van der Waals surface area (Å²) in [5, 5.41) is 3.38. The smallest absolute Gasteiger partial charge is 0.259 e. The van der Waals surface area contributed by atoms with E-state index in [1.54, 1.807) is 0 Å². The number of aromatic nitrogens is 2. The third-order valence-corrected chi connectivity index (χ3v) is 4.79. The molecule has 6 heteroatoms. The molecule has 1 N–H and O–H groups in total. The third kappa shape index (κ3) is 3.38. The van der Waals surface area contributed by atoms with Gasteiger partial charge < -0.3 is 19.9 Å². The highest BCUT2D eigenvalue weighted by atomic mass is 16.5. The maximum atomic E-state index is 6.31. The summed E-state index contributed by atoms with van der Waals surface area (Å²) in [5.74, 6) is 2.46. The Labute approximate surface area is 143 Å². The Morgan fingerprint density at radius 3 is 2.71 bits per heavy atom. The van der Waals surface area contributed by atoms with E-state index >= 15 is 0 Å². The summed E-state index contributed by atoms with van der Waals surface area (Å²) >= 11 is 0. The van der Waals surface area contributed by atoms with E-state index in [1.165, 1.54) is 12.8 Å². The van der Waals surface area contributed by atoms with E-state index < -0.39 is 0 Å². The molecule has 6 nitrogen and oxygen atoms in total. The Bertz CT molecular complexity index is 618. The summed E-state index contributed by atoms with van der Waals surface area (Å²) in [6, 6.07) is 0. The first-order valence-electron chi connectivity index (χ1n) is 8.99. The number of hydrogen-bond acceptors (Lipinski definition) is 6. The minimum Gasteiger partial charge on any atom is -0.472 e. The molecule has 0 radical (unpaired) electrons. The molecule has 2 fully saturated rings. The second-order valence-corrected chi connectivity index (χ2v) is 6.54. The number of hydrogen-bond donors (Lipinski definition) is 1. The zero-order valence-electron chi connectivity index (χ0n) is 14.0. The summed E-state index contributed by atoms with van der Waals surface area (Å²) < 4.78 is 6.31. The minimum absolute atomic E-state index is 0.231. The van der Waals surface area contributed by atoms with Gasteiger partial charge in [0, 0.05) is 25.8 Å². The molecule has 0 aromatic carbocycles. The van der Waals surface area contributed by atoms with E-state index in [0.29, 0.717) is 5.88 Å². The van der Waals surface area contributed by atoms with E-state index in [4.69, 9.17) is 14.7 Å². The van der Waals surface area contributed by atoms with Gasteiger partial charge in [-0.25, -0.2) is 4.98 Å². The van der Waals surface area contributed by atoms with Gasteiger partial charge in [0.15, 0.2) is 11.6 Å². The van der Waals surface area contributed by atoms with E-state index in [2.05, 4.69) is 27.3 Å². The lowest BCUT2D eigenvalue weighted by Crippen LogP contribution is -2.35. The molecule has 24 heavy (non-hydrogen) atoms. The summed E-state index contributed by atoms with van der Waals surface area (Å²) in [6.45, 7) is 4.93. The van der Waals surface area contributed by atoms with Gasteiger partial charge in [-0.15, -0.1) is 0 Å². The van der Waals surface area contributed by atoms with Crippen LogP contribution in [0.3, 0.4) is 0 Å². The Kier molecular flexibility index (Phi) is 4.64. The molecule has 1 aromatic heterocycles. The fourth-order valence-corrected chi connectivity index (χ4v) is 3.43. The van der Waals surface area contributed by atoms with Gasteiger partial charge in [0.05, 0.1) is 6.20 Å². The van der Waals surface area contributed by atoms with Gasteiger partial charge in [-0.2, -0.15) is 4.98 Å². The molecule has 1 aromatic rings. The lowest BCUT2D eigenvalue weighted by Gasteiger charge is -2.27. The molecule has 0 saturated carbocycles. The molecule has 0 aliphatic carbocycles. The van der Waals surface area contributed by atoms with Crippen molar-refractivity contribution >= 4 is 11.6 Å². The van der Waals surface area contributed by atoms with Crippen LogP contribution in [0, 0.1) is 0 Å². The molecule has 128 valence electrons. The molecule has 0 unspecified atom stereocenters. The van der Waals surface area contributed by atoms with Crippen LogP contribution in [0.15, 0.2) is 30.6 Å². The van der Waals surface area contributed by atoms with Crippen LogP contribution >= 0.6 is 0 Å². The molecule has 4 rings (SSSR count). The SMILES string of the molecule is C1=CCN(c2cnc(N3CCCC3)c(OC3CCNCC3)n2)C=C1. The van der Waals surface area contributed by atoms with E-state index in [9.17, 15) is 0 Å². The average Bonchev–Trinajstić information content (AvgIpc) is 3.18. The van der Waals surface area contributed by atoms with Crippen LogP contribution in [-0.4, -0.2) is 48.8 Å². The Hall–Kier alpha value is -2.08.